The summed E-state index contributed by atoms with van der Waals surface area (Å²) in [6.07, 6.45) is 0. The van der Waals surface area contributed by atoms with Gasteiger partial charge in [-0.05, 0) is 20.8 Å². The average Bonchev–Trinajstić information content (AvgIpc) is 2.59. The summed E-state index contributed by atoms with van der Waals surface area (Å²) in [6, 6.07) is -0.0927. The smallest absolute Gasteiger partial charge is 0.247 e. The molecular formula is C10H20N4O2S. The number of sulfonamides is 1. The Morgan fingerprint density at radius 2 is 2.06 bits per heavy atom. The van der Waals surface area contributed by atoms with Crippen LogP contribution in [0.5, 0.6) is 0 Å². The van der Waals surface area contributed by atoms with Crippen molar-refractivity contribution in [2.45, 2.75) is 45.2 Å². The van der Waals surface area contributed by atoms with E-state index in [1.807, 2.05) is 20.8 Å². The van der Waals surface area contributed by atoms with Crippen molar-refractivity contribution in [3.63, 3.8) is 0 Å². The minimum absolute atomic E-state index is 0.0927. The number of hydrogen-bond donors (Lipinski definition) is 2. The third kappa shape index (κ3) is 2.51. The molecule has 1 aromatic rings. The van der Waals surface area contributed by atoms with Crippen LogP contribution in [0.15, 0.2) is 4.90 Å². The van der Waals surface area contributed by atoms with Crippen LogP contribution < -0.4 is 5.73 Å². The number of nitrogens with one attached hydrogen (secondary N) is 1. The fourth-order valence-corrected chi connectivity index (χ4v) is 3.87. The Balaban J connectivity index is 3.34. The standard InChI is InChI=1S/C10H20N4O2S/c1-5-14(7(2)3)17(15,16)10-8(4)12-13-9(10)6-11/h7H,5-6,11H2,1-4H3,(H,12,13). The molecule has 0 saturated heterocycles. The molecule has 0 amide bonds. The first-order valence-electron chi connectivity index (χ1n) is 5.62. The van der Waals surface area contributed by atoms with E-state index in [1.165, 1.54) is 4.31 Å². The molecule has 0 saturated carbocycles. The van der Waals surface area contributed by atoms with Crippen LogP contribution in [0, 0.1) is 6.92 Å². The third-order valence-electron chi connectivity index (χ3n) is 2.61. The first kappa shape index (κ1) is 14.1. The number of H-pyrrole nitrogens is 1. The van der Waals surface area contributed by atoms with Gasteiger partial charge in [0, 0.05) is 19.1 Å². The maximum Gasteiger partial charge on any atom is 0.247 e. The lowest BCUT2D eigenvalue weighted by Gasteiger charge is -2.24. The summed E-state index contributed by atoms with van der Waals surface area (Å²) < 4.78 is 26.4. The van der Waals surface area contributed by atoms with Gasteiger partial charge in [-0.3, -0.25) is 5.10 Å². The fourth-order valence-electron chi connectivity index (χ4n) is 1.88. The molecule has 0 aliphatic carbocycles. The predicted octanol–water partition coefficient (Wildman–Crippen LogP) is 0.596. The largest absolute Gasteiger partial charge is 0.325 e. The van der Waals surface area contributed by atoms with Gasteiger partial charge in [0.2, 0.25) is 10.0 Å². The van der Waals surface area contributed by atoms with E-state index in [-0.39, 0.29) is 17.5 Å². The molecule has 17 heavy (non-hydrogen) atoms. The average molecular weight is 260 g/mol. The molecule has 0 atom stereocenters. The summed E-state index contributed by atoms with van der Waals surface area (Å²) in [4.78, 5) is 0.218. The Morgan fingerprint density at radius 3 is 2.47 bits per heavy atom. The number of aryl methyl sites for hydroxylation is 1. The molecule has 7 heteroatoms. The van der Waals surface area contributed by atoms with Crippen LogP contribution in [0.2, 0.25) is 0 Å². The SMILES string of the molecule is CCN(C(C)C)S(=O)(=O)c1c(CN)n[nH]c1C. The van der Waals surface area contributed by atoms with Crippen molar-refractivity contribution in [3.05, 3.63) is 11.4 Å². The maximum atomic E-state index is 12.5. The highest BCUT2D eigenvalue weighted by Gasteiger charge is 2.30. The second-order valence-corrected chi connectivity index (χ2v) is 5.96. The van der Waals surface area contributed by atoms with Crippen LogP contribution in [0.25, 0.3) is 0 Å². The van der Waals surface area contributed by atoms with Crippen LogP contribution in [0.1, 0.15) is 32.2 Å². The van der Waals surface area contributed by atoms with Gasteiger partial charge < -0.3 is 5.73 Å². The number of aromatic amines is 1. The molecule has 1 aromatic heterocycles. The highest BCUT2D eigenvalue weighted by atomic mass is 32.2. The topological polar surface area (TPSA) is 92.1 Å². The molecule has 0 unspecified atom stereocenters. The lowest BCUT2D eigenvalue weighted by atomic mass is 10.4. The highest BCUT2D eigenvalue weighted by Crippen LogP contribution is 2.23. The van der Waals surface area contributed by atoms with Gasteiger partial charge in [-0.2, -0.15) is 9.40 Å². The van der Waals surface area contributed by atoms with E-state index in [4.69, 9.17) is 5.73 Å². The molecule has 6 nitrogen and oxygen atoms in total. The highest BCUT2D eigenvalue weighted by molar-refractivity contribution is 7.89. The molecule has 0 bridgehead atoms. The second-order valence-electron chi connectivity index (χ2n) is 4.13. The summed E-state index contributed by atoms with van der Waals surface area (Å²) >= 11 is 0. The van der Waals surface area contributed by atoms with E-state index >= 15 is 0 Å². The van der Waals surface area contributed by atoms with Crippen molar-refractivity contribution in [1.29, 1.82) is 0 Å². The van der Waals surface area contributed by atoms with Gasteiger partial charge in [0.1, 0.15) is 4.90 Å². The summed E-state index contributed by atoms with van der Waals surface area (Å²) in [5.41, 5.74) is 6.44. The molecule has 3 N–H and O–H groups in total. The molecule has 0 radical (unpaired) electrons. The normalized spacial score (nSPS) is 12.6. The zero-order valence-electron chi connectivity index (χ0n) is 10.7. The van der Waals surface area contributed by atoms with Crippen molar-refractivity contribution in [3.8, 4) is 0 Å². The summed E-state index contributed by atoms with van der Waals surface area (Å²) in [5, 5.41) is 6.60. The zero-order chi connectivity index (χ0) is 13.2. The van der Waals surface area contributed by atoms with E-state index < -0.39 is 10.0 Å². The molecule has 1 heterocycles. The first-order chi connectivity index (χ1) is 7.86. The van der Waals surface area contributed by atoms with E-state index in [0.717, 1.165) is 0 Å². The van der Waals surface area contributed by atoms with Crippen molar-refractivity contribution < 1.29 is 8.42 Å². The summed E-state index contributed by atoms with van der Waals surface area (Å²) in [5.74, 6) is 0. The van der Waals surface area contributed by atoms with Gasteiger partial charge in [0.05, 0.1) is 11.4 Å². The van der Waals surface area contributed by atoms with E-state index in [1.54, 1.807) is 6.92 Å². The third-order valence-corrected chi connectivity index (χ3v) is 4.96. The van der Waals surface area contributed by atoms with Gasteiger partial charge in [0.25, 0.3) is 0 Å². The molecule has 0 fully saturated rings. The van der Waals surface area contributed by atoms with Crippen LogP contribution >= 0.6 is 0 Å². The van der Waals surface area contributed by atoms with Crippen LogP contribution in [0.3, 0.4) is 0 Å². The molecule has 0 aliphatic rings. The minimum Gasteiger partial charge on any atom is -0.325 e. The lowest BCUT2D eigenvalue weighted by Crippen LogP contribution is -2.37. The zero-order valence-corrected chi connectivity index (χ0v) is 11.5. The van der Waals surface area contributed by atoms with Gasteiger partial charge in [-0.1, -0.05) is 6.92 Å². The van der Waals surface area contributed by atoms with E-state index in [2.05, 4.69) is 10.2 Å². The second kappa shape index (κ2) is 5.16. The molecule has 1 rings (SSSR count). The maximum absolute atomic E-state index is 12.5. The number of hydrogen-bond acceptors (Lipinski definition) is 4. The number of aromatic nitrogens is 2. The van der Waals surface area contributed by atoms with E-state index in [9.17, 15) is 8.42 Å². The summed E-state index contributed by atoms with van der Waals surface area (Å²) in [7, 11) is -3.52. The molecule has 0 spiro atoms. The molecule has 0 aliphatic heterocycles. The molecule has 0 aromatic carbocycles. The Kier molecular flexibility index (Phi) is 4.29. The molecule has 98 valence electrons. The van der Waals surface area contributed by atoms with Crippen LogP contribution in [-0.2, 0) is 16.6 Å². The predicted molar refractivity (Wildman–Crippen MR) is 65.9 cm³/mol. The van der Waals surface area contributed by atoms with Gasteiger partial charge in [-0.15, -0.1) is 0 Å². The van der Waals surface area contributed by atoms with Gasteiger partial charge >= 0.3 is 0 Å². The van der Waals surface area contributed by atoms with Crippen molar-refractivity contribution in [2.75, 3.05) is 6.54 Å². The van der Waals surface area contributed by atoms with Crippen molar-refractivity contribution in [2.24, 2.45) is 5.73 Å². The lowest BCUT2D eigenvalue weighted by molar-refractivity contribution is 0.368. The fraction of sp³-hybridized carbons (Fsp3) is 0.700. The Morgan fingerprint density at radius 1 is 1.47 bits per heavy atom. The Labute approximate surface area is 102 Å². The van der Waals surface area contributed by atoms with Gasteiger partial charge in [-0.25, -0.2) is 8.42 Å². The quantitative estimate of drug-likeness (QED) is 0.810. The number of nitrogens with two attached hydrogens (primary N) is 1. The molecular weight excluding hydrogens is 240 g/mol. The summed E-state index contributed by atoms with van der Waals surface area (Å²) in [6.45, 7) is 7.72. The Bertz CT molecular complexity index is 478. The number of rotatable bonds is 5. The van der Waals surface area contributed by atoms with Crippen molar-refractivity contribution in [1.82, 2.24) is 14.5 Å². The first-order valence-corrected chi connectivity index (χ1v) is 7.06. The van der Waals surface area contributed by atoms with Crippen molar-refractivity contribution >= 4 is 10.0 Å². The Hall–Kier alpha value is -0.920. The van der Waals surface area contributed by atoms with Gasteiger partial charge in [0.15, 0.2) is 0 Å². The van der Waals surface area contributed by atoms with Crippen LogP contribution in [0.4, 0.5) is 0 Å². The number of nitrogens with zero attached hydrogens (tertiary/aromatic N) is 2. The minimum atomic E-state index is -3.52. The van der Waals surface area contributed by atoms with E-state index in [0.29, 0.717) is 17.9 Å². The monoisotopic (exact) mass is 260 g/mol. The van der Waals surface area contributed by atoms with Crippen LogP contribution in [-0.4, -0.2) is 35.5 Å².